The van der Waals surface area contributed by atoms with Crippen LogP contribution in [0.4, 0.5) is 0 Å². The lowest BCUT2D eigenvalue weighted by Gasteiger charge is -2.21. The van der Waals surface area contributed by atoms with Gasteiger partial charge < -0.3 is 19.7 Å². The van der Waals surface area contributed by atoms with Gasteiger partial charge in [-0.05, 0) is 12.8 Å². The van der Waals surface area contributed by atoms with Crippen LogP contribution in [0.2, 0.25) is 0 Å². The van der Waals surface area contributed by atoms with Crippen molar-refractivity contribution < 1.29 is 19.7 Å². The molecule has 86 valence electrons. The number of hydrogen-bond acceptors (Lipinski definition) is 4. The Morgan fingerprint density at radius 1 is 1.00 bits per heavy atom. The third kappa shape index (κ3) is 8.44. The molecule has 0 bridgehead atoms. The highest BCUT2D eigenvalue weighted by Crippen LogP contribution is 2.05. The lowest BCUT2D eigenvalue weighted by Crippen LogP contribution is -2.37. The highest BCUT2D eigenvalue weighted by atomic mass is 16.8. The second kappa shape index (κ2) is 8.17. The topological polar surface area (TPSA) is 58.9 Å². The minimum atomic E-state index is -2.12. The fourth-order valence-electron chi connectivity index (χ4n) is 0.873. The van der Waals surface area contributed by atoms with E-state index in [2.05, 4.69) is 0 Å². The fraction of sp³-hybridized carbons (Fsp3) is 1.00. The summed E-state index contributed by atoms with van der Waals surface area (Å²) in [4.78, 5) is 0. The molecule has 0 saturated carbocycles. The Morgan fingerprint density at radius 2 is 1.57 bits per heavy atom. The molecule has 0 spiro atoms. The van der Waals surface area contributed by atoms with Crippen LogP contribution in [0.25, 0.3) is 0 Å². The van der Waals surface area contributed by atoms with Crippen molar-refractivity contribution in [3.8, 4) is 0 Å². The number of aliphatic hydroxyl groups is 2. The minimum Gasteiger partial charge on any atom is -0.373 e. The molecule has 0 atom stereocenters. The maximum atomic E-state index is 9.25. The molecule has 0 unspecified atom stereocenters. The first kappa shape index (κ1) is 13.8. The van der Waals surface area contributed by atoms with E-state index in [-0.39, 0.29) is 6.61 Å². The van der Waals surface area contributed by atoms with E-state index < -0.39 is 5.97 Å². The van der Waals surface area contributed by atoms with Crippen LogP contribution in [-0.2, 0) is 9.47 Å². The first-order chi connectivity index (χ1) is 6.62. The van der Waals surface area contributed by atoms with E-state index in [1.165, 1.54) is 0 Å². The van der Waals surface area contributed by atoms with Crippen molar-refractivity contribution in [1.29, 1.82) is 0 Å². The number of unbranched alkanes of at least 4 members (excludes halogenated alkanes) is 2. The van der Waals surface area contributed by atoms with Crippen molar-refractivity contribution in [1.82, 2.24) is 0 Å². The summed E-state index contributed by atoms with van der Waals surface area (Å²) in [6.07, 6.45) is 3.73. The summed E-state index contributed by atoms with van der Waals surface area (Å²) in [5, 5.41) is 18.5. The molecule has 0 aromatic heterocycles. The van der Waals surface area contributed by atoms with Crippen molar-refractivity contribution in [2.24, 2.45) is 0 Å². The number of rotatable bonds is 9. The summed E-state index contributed by atoms with van der Waals surface area (Å²) in [6.45, 7) is 4.76. The van der Waals surface area contributed by atoms with Gasteiger partial charge in [0.15, 0.2) is 0 Å². The van der Waals surface area contributed by atoms with Gasteiger partial charge in [-0.25, -0.2) is 0 Å². The van der Waals surface area contributed by atoms with Crippen molar-refractivity contribution >= 4 is 0 Å². The molecule has 0 aliphatic carbocycles. The predicted molar refractivity (Wildman–Crippen MR) is 53.8 cm³/mol. The van der Waals surface area contributed by atoms with Gasteiger partial charge >= 0.3 is 5.97 Å². The summed E-state index contributed by atoms with van der Waals surface area (Å²) in [7, 11) is 0. The Hall–Kier alpha value is -0.160. The highest BCUT2D eigenvalue weighted by molar-refractivity contribution is 4.48. The molecular formula is C10H22O4. The van der Waals surface area contributed by atoms with E-state index in [4.69, 9.17) is 9.47 Å². The van der Waals surface area contributed by atoms with Crippen LogP contribution in [0, 0.1) is 0 Å². The van der Waals surface area contributed by atoms with Gasteiger partial charge in [0.2, 0.25) is 0 Å². The van der Waals surface area contributed by atoms with Gasteiger partial charge in [-0.3, -0.25) is 0 Å². The zero-order valence-electron chi connectivity index (χ0n) is 9.16. The Morgan fingerprint density at radius 3 is 2.14 bits per heavy atom. The van der Waals surface area contributed by atoms with Gasteiger partial charge in [-0.2, -0.15) is 0 Å². The van der Waals surface area contributed by atoms with Gasteiger partial charge in [0.05, 0.1) is 6.61 Å². The molecule has 14 heavy (non-hydrogen) atoms. The minimum absolute atomic E-state index is 0.184. The Balaban J connectivity index is 3.40. The van der Waals surface area contributed by atoms with Crippen LogP contribution in [0.1, 0.15) is 39.5 Å². The molecule has 4 heteroatoms. The molecule has 0 radical (unpaired) electrons. The molecule has 0 aromatic rings. The van der Waals surface area contributed by atoms with Gasteiger partial charge in [-0.1, -0.05) is 26.7 Å². The van der Waals surface area contributed by atoms with E-state index in [0.717, 1.165) is 25.7 Å². The molecule has 0 aromatic carbocycles. The molecule has 4 nitrogen and oxygen atoms in total. The Kier molecular flexibility index (Phi) is 8.08. The van der Waals surface area contributed by atoms with E-state index in [1.807, 2.05) is 13.8 Å². The zero-order chi connectivity index (χ0) is 10.9. The van der Waals surface area contributed by atoms with Crippen LogP contribution in [0.15, 0.2) is 0 Å². The van der Waals surface area contributed by atoms with Gasteiger partial charge in [0.25, 0.3) is 0 Å². The average Bonchev–Trinajstić information content (AvgIpc) is 2.13. The summed E-state index contributed by atoms with van der Waals surface area (Å²) in [5.74, 6) is -2.12. The molecule has 0 amide bonds. The van der Waals surface area contributed by atoms with Gasteiger partial charge in [-0.15, -0.1) is 0 Å². The van der Waals surface area contributed by atoms with E-state index in [1.54, 1.807) is 0 Å². The van der Waals surface area contributed by atoms with E-state index in [0.29, 0.717) is 13.2 Å². The average molecular weight is 206 g/mol. The SMILES string of the molecule is CCCCOCC(O)(O)OCCCC. The number of hydrogen-bond donors (Lipinski definition) is 2. The second-order valence-electron chi connectivity index (χ2n) is 3.35. The lowest BCUT2D eigenvalue weighted by atomic mass is 10.3. The summed E-state index contributed by atoms with van der Waals surface area (Å²) >= 11 is 0. The monoisotopic (exact) mass is 206 g/mol. The fourth-order valence-corrected chi connectivity index (χ4v) is 0.873. The Labute approximate surface area is 85.8 Å². The molecule has 0 aliphatic heterocycles. The maximum Gasteiger partial charge on any atom is 0.302 e. The van der Waals surface area contributed by atoms with Crippen LogP contribution >= 0.6 is 0 Å². The molecular weight excluding hydrogens is 184 g/mol. The van der Waals surface area contributed by atoms with E-state index >= 15 is 0 Å². The van der Waals surface area contributed by atoms with Crippen molar-refractivity contribution in [3.05, 3.63) is 0 Å². The summed E-state index contributed by atoms with van der Waals surface area (Å²) < 4.78 is 9.88. The first-order valence-electron chi connectivity index (χ1n) is 5.29. The summed E-state index contributed by atoms with van der Waals surface area (Å²) in [5.41, 5.74) is 0. The zero-order valence-corrected chi connectivity index (χ0v) is 9.16. The lowest BCUT2D eigenvalue weighted by molar-refractivity contribution is -0.355. The van der Waals surface area contributed by atoms with Crippen LogP contribution in [-0.4, -0.2) is 36.0 Å². The molecule has 0 aliphatic rings. The third-order valence-electron chi connectivity index (χ3n) is 1.76. The third-order valence-corrected chi connectivity index (χ3v) is 1.76. The van der Waals surface area contributed by atoms with Gasteiger partial charge in [0, 0.05) is 6.61 Å². The molecule has 0 rings (SSSR count). The van der Waals surface area contributed by atoms with Crippen molar-refractivity contribution in [2.45, 2.75) is 45.5 Å². The van der Waals surface area contributed by atoms with E-state index in [9.17, 15) is 10.2 Å². The van der Waals surface area contributed by atoms with Crippen LogP contribution in [0.3, 0.4) is 0 Å². The molecule has 0 saturated heterocycles. The van der Waals surface area contributed by atoms with Crippen LogP contribution < -0.4 is 0 Å². The largest absolute Gasteiger partial charge is 0.373 e. The Bertz CT molecular complexity index is 125. The van der Waals surface area contributed by atoms with Crippen molar-refractivity contribution in [2.75, 3.05) is 19.8 Å². The smallest absolute Gasteiger partial charge is 0.302 e. The summed E-state index contributed by atoms with van der Waals surface area (Å²) in [6, 6.07) is 0. The van der Waals surface area contributed by atoms with Crippen LogP contribution in [0.5, 0.6) is 0 Å². The normalized spacial score (nSPS) is 12.0. The first-order valence-corrected chi connectivity index (χ1v) is 5.29. The highest BCUT2D eigenvalue weighted by Gasteiger charge is 2.23. The standard InChI is InChI=1S/C10H22O4/c1-3-5-7-13-9-10(11,12)14-8-6-4-2/h11-12H,3-9H2,1-2H3. The molecule has 0 heterocycles. The molecule has 2 N–H and O–H groups in total. The van der Waals surface area contributed by atoms with Crippen molar-refractivity contribution in [3.63, 3.8) is 0 Å². The second-order valence-corrected chi connectivity index (χ2v) is 3.35. The number of ether oxygens (including phenoxy) is 2. The maximum absolute atomic E-state index is 9.25. The van der Waals surface area contributed by atoms with Gasteiger partial charge in [0.1, 0.15) is 6.61 Å². The predicted octanol–water partition coefficient (Wildman–Crippen LogP) is 1.26. The molecule has 0 fully saturated rings. The quantitative estimate of drug-likeness (QED) is 0.440.